The van der Waals surface area contributed by atoms with Gasteiger partial charge >= 0.3 is 0 Å². The monoisotopic (exact) mass is 262 g/mol. The molecule has 0 spiro atoms. The van der Waals surface area contributed by atoms with Crippen molar-refractivity contribution in [1.82, 2.24) is 8.61 Å². The molecule has 0 aromatic heterocycles. The Bertz CT molecular complexity index is 186. The standard InChI is InChI=1S/C12H26N2S2/c1-11(2,3)15-13-7-9-14(10-8-13)16-12(4,5)6/h7-10H2,1-6H3. The molecule has 1 heterocycles. The van der Waals surface area contributed by atoms with Crippen LogP contribution in [0.5, 0.6) is 0 Å². The molecule has 1 fully saturated rings. The predicted octanol–water partition coefficient (Wildman–Crippen LogP) is 3.50. The zero-order valence-electron chi connectivity index (χ0n) is 11.5. The lowest BCUT2D eigenvalue weighted by Gasteiger charge is -2.38. The van der Waals surface area contributed by atoms with E-state index in [-0.39, 0.29) is 0 Å². The van der Waals surface area contributed by atoms with Gasteiger partial charge in [-0.15, -0.1) is 0 Å². The van der Waals surface area contributed by atoms with Gasteiger partial charge in [0.2, 0.25) is 0 Å². The largest absolute Gasteiger partial charge is 0.248 e. The van der Waals surface area contributed by atoms with Crippen molar-refractivity contribution in [1.29, 1.82) is 0 Å². The number of rotatable bonds is 2. The smallest absolute Gasteiger partial charge is 0.0227 e. The minimum atomic E-state index is 0.347. The summed E-state index contributed by atoms with van der Waals surface area (Å²) >= 11 is 3.99. The lowest BCUT2D eigenvalue weighted by Crippen LogP contribution is -2.42. The minimum absolute atomic E-state index is 0.347. The summed E-state index contributed by atoms with van der Waals surface area (Å²) in [5.41, 5.74) is 0. The summed E-state index contributed by atoms with van der Waals surface area (Å²) in [6.07, 6.45) is 0. The van der Waals surface area contributed by atoms with Crippen LogP contribution in [0.1, 0.15) is 41.5 Å². The maximum atomic E-state index is 2.51. The molecule has 16 heavy (non-hydrogen) atoms. The SMILES string of the molecule is CC(C)(C)SN1CCN(SC(C)(C)C)CC1. The summed E-state index contributed by atoms with van der Waals surface area (Å²) in [6, 6.07) is 0. The van der Waals surface area contributed by atoms with Gasteiger partial charge in [0.25, 0.3) is 0 Å². The van der Waals surface area contributed by atoms with Crippen LogP contribution in [0.2, 0.25) is 0 Å². The van der Waals surface area contributed by atoms with Crippen LogP contribution in [0.4, 0.5) is 0 Å². The van der Waals surface area contributed by atoms with Crippen LogP contribution >= 0.6 is 23.9 Å². The zero-order chi connectivity index (χ0) is 12.4. The van der Waals surface area contributed by atoms with E-state index < -0.39 is 0 Å². The number of piperazine rings is 1. The molecule has 0 bridgehead atoms. The van der Waals surface area contributed by atoms with Crippen molar-refractivity contribution in [2.24, 2.45) is 0 Å². The highest BCUT2D eigenvalue weighted by Crippen LogP contribution is 2.32. The molecule has 96 valence electrons. The highest BCUT2D eigenvalue weighted by molar-refractivity contribution is 7.98. The van der Waals surface area contributed by atoms with E-state index in [0.29, 0.717) is 9.49 Å². The van der Waals surface area contributed by atoms with E-state index >= 15 is 0 Å². The normalized spacial score (nSPS) is 21.4. The van der Waals surface area contributed by atoms with Crippen LogP contribution in [0.3, 0.4) is 0 Å². The Morgan fingerprint density at radius 2 is 0.875 bits per heavy atom. The molecule has 1 aliphatic rings. The topological polar surface area (TPSA) is 6.48 Å². The fourth-order valence-electron chi connectivity index (χ4n) is 1.63. The highest BCUT2D eigenvalue weighted by Gasteiger charge is 2.25. The Morgan fingerprint density at radius 3 is 1.06 bits per heavy atom. The first-order valence-corrected chi connectivity index (χ1v) is 7.59. The Hall–Kier alpha value is 0.620. The van der Waals surface area contributed by atoms with E-state index in [1.54, 1.807) is 0 Å². The first kappa shape index (κ1) is 14.7. The molecule has 4 heteroatoms. The van der Waals surface area contributed by atoms with Crippen molar-refractivity contribution < 1.29 is 0 Å². The van der Waals surface area contributed by atoms with Crippen LogP contribution in [-0.2, 0) is 0 Å². The fourth-order valence-corrected chi connectivity index (χ4v) is 3.87. The van der Waals surface area contributed by atoms with E-state index in [0.717, 1.165) is 0 Å². The lowest BCUT2D eigenvalue weighted by atomic mass is 10.3. The first-order valence-electron chi connectivity index (χ1n) is 6.04. The van der Waals surface area contributed by atoms with Gasteiger partial charge in [-0.25, -0.2) is 8.61 Å². The molecule has 0 unspecified atom stereocenters. The van der Waals surface area contributed by atoms with Gasteiger partial charge in [0.15, 0.2) is 0 Å². The lowest BCUT2D eigenvalue weighted by molar-refractivity contribution is 0.304. The van der Waals surface area contributed by atoms with E-state index in [2.05, 4.69) is 50.2 Å². The molecular formula is C12H26N2S2. The van der Waals surface area contributed by atoms with Crippen LogP contribution < -0.4 is 0 Å². The number of nitrogens with zero attached hydrogens (tertiary/aromatic N) is 2. The molecule has 0 aromatic rings. The van der Waals surface area contributed by atoms with Crippen LogP contribution in [0.25, 0.3) is 0 Å². The van der Waals surface area contributed by atoms with Crippen molar-refractivity contribution in [2.45, 2.75) is 51.0 Å². The average molecular weight is 262 g/mol. The van der Waals surface area contributed by atoms with Crippen molar-refractivity contribution >= 4 is 23.9 Å². The van der Waals surface area contributed by atoms with Gasteiger partial charge in [-0.2, -0.15) is 0 Å². The second kappa shape index (κ2) is 5.51. The maximum absolute atomic E-state index is 2.51. The molecule has 1 rings (SSSR count). The van der Waals surface area contributed by atoms with Crippen LogP contribution in [0.15, 0.2) is 0 Å². The number of hydrogen-bond acceptors (Lipinski definition) is 4. The molecule has 0 radical (unpaired) electrons. The van der Waals surface area contributed by atoms with Crippen molar-refractivity contribution in [2.75, 3.05) is 26.2 Å². The molecule has 2 nitrogen and oxygen atoms in total. The summed E-state index contributed by atoms with van der Waals surface area (Å²) in [4.78, 5) is 0. The minimum Gasteiger partial charge on any atom is -0.248 e. The average Bonchev–Trinajstić information content (AvgIpc) is 2.03. The van der Waals surface area contributed by atoms with Gasteiger partial charge in [-0.3, -0.25) is 0 Å². The molecule has 0 N–H and O–H groups in total. The molecule has 1 aliphatic heterocycles. The van der Waals surface area contributed by atoms with Crippen molar-refractivity contribution in [3.05, 3.63) is 0 Å². The second-order valence-corrected chi connectivity index (χ2v) is 10.1. The van der Waals surface area contributed by atoms with E-state index in [1.807, 2.05) is 23.9 Å². The third-order valence-corrected chi connectivity index (χ3v) is 4.35. The summed E-state index contributed by atoms with van der Waals surface area (Å²) in [5.74, 6) is 0. The highest BCUT2D eigenvalue weighted by atomic mass is 32.2. The molecule has 0 aromatic carbocycles. The second-order valence-electron chi connectivity index (χ2n) is 6.27. The fraction of sp³-hybridized carbons (Fsp3) is 1.00. The third kappa shape index (κ3) is 6.38. The van der Waals surface area contributed by atoms with E-state index in [4.69, 9.17) is 0 Å². The molecule has 0 aliphatic carbocycles. The van der Waals surface area contributed by atoms with E-state index in [1.165, 1.54) is 26.2 Å². The summed E-state index contributed by atoms with van der Waals surface area (Å²) in [6.45, 7) is 18.5. The number of hydrogen-bond donors (Lipinski definition) is 0. The van der Waals surface area contributed by atoms with Crippen LogP contribution in [-0.4, -0.2) is 44.3 Å². The Balaban J connectivity index is 2.29. The summed E-state index contributed by atoms with van der Waals surface area (Å²) in [7, 11) is 0. The Morgan fingerprint density at radius 1 is 0.625 bits per heavy atom. The summed E-state index contributed by atoms with van der Waals surface area (Å²) < 4.78 is 5.72. The Kier molecular flexibility index (Phi) is 5.05. The quantitative estimate of drug-likeness (QED) is 0.702. The summed E-state index contributed by atoms with van der Waals surface area (Å²) in [5, 5.41) is 0. The van der Waals surface area contributed by atoms with Gasteiger partial charge in [0.05, 0.1) is 0 Å². The maximum Gasteiger partial charge on any atom is 0.0227 e. The first-order chi connectivity index (χ1) is 7.16. The molecule has 0 atom stereocenters. The molecule has 0 saturated carbocycles. The molecule has 1 saturated heterocycles. The zero-order valence-corrected chi connectivity index (χ0v) is 13.2. The van der Waals surface area contributed by atoms with Gasteiger partial charge in [-0.05, 0) is 41.5 Å². The van der Waals surface area contributed by atoms with Gasteiger partial charge in [0.1, 0.15) is 0 Å². The van der Waals surface area contributed by atoms with Gasteiger partial charge in [0, 0.05) is 35.7 Å². The third-order valence-electron chi connectivity index (χ3n) is 2.00. The van der Waals surface area contributed by atoms with Gasteiger partial charge < -0.3 is 0 Å². The van der Waals surface area contributed by atoms with E-state index in [9.17, 15) is 0 Å². The van der Waals surface area contributed by atoms with Gasteiger partial charge in [-0.1, -0.05) is 23.9 Å². The van der Waals surface area contributed by atoms with Crippen molar-refractivity contribution in [3.8, 4) is 0 Å². The molecule has 0 amide bonds. The van der Waals surface area contributed by atoms with Crippen LogP contribution in [0, 0.1) is 0 Å². The Labute approximate surface area is 110 Å². The van der Waals surface area contributed by atoms with Crippen molar-refractivity contribution in [3.63, 3.8) is 0 Å². The predicted molar refractivity (Wildman–Crippen MR) is 77.8 cm³/mol. The molecular weight excluding hydrogens is 236 g/mol.